The summed E-state index contributed by atoms with van der Waals surface area (Å²) in [5.41, 5.74) is -0.0645. The van der Waals surface area contributed by atoms with Crippen molar-refractivity contribution in [2.75, 3.05) is 4.90 Å². The number of hydrogen-bond donors (Lipinski definition) is 0. The van der Waals surface area contributed by atoms with Gasteiger partial charge >= 0.3 is 11.7 Å². The normalized spacial score (nSPS) is 17.5. The van der Waals surface area contributed by atoms with Crippen LogP contribution in [0.3, 0.4) is 0 Å². The Labute approximate surface area is 143 Å². The van der Waals surface area contributed by atoms with E-state index in [1.165, 1.54) is 29.6 Å². The minimum Gasteiger partial charge on any atom is -0.299 e. The Morgan fingerprint density at radius 2 is 1.60 bits per heavy atom. The van der Waals surface area contributed by atoms with Crippen molar-refractivity contribution in [2.45, 2.75) is 19.5 Å². The monoisotopic (exact) mass is 342 g/mol. The Hall–Kier alpha value is -3.16. The molecule has 3 rings (SSSR count). The summed E-state index contributed by atoms with van der Waals surface area (Å²) < 4.78 is 2.23. The van der Waals surface area contributed by atoms with Crippen molar-refractivity contribution in [3.8, 4) is 0 Å². The lowest BCUT2D eigenvalue weighted by Gasteiger charge is -2.19. The Morgan fingerprint density at radius 3 is 2.24 bits per heavy atom. The zero-order valence-corrected chi connectivity index (χ0v) is 14.2. The third-order valence-electron chi connectivity index (χ3n) is 4.43. The molecule has 0 saturated carbocycles. The number of nitrogens with zero attached hydrogens (tertiary/aromatic N) is 4. The average molecular weight is 342 g/mol. The summed E-state index contributed by atoms with van der Waals surface area (Å²) in [4.78, 5) is 51.6. The molecule has 8 heteroatoms. The fraction of sp³-hybridized carbons (Fsp3) is 0.294. The molecule has 1 aromatic carbocycles. The molecule has 1 atom stereocenters. The van der Waals surface area contributed by atoms with Crippen LogP contribution in [0.15, 0.2) is 46.0 Å². The van der Waals surface area contributed by atoms with Crippen LogP contribution in [0.2, 0.25) is 0 Å². The van der Waals surface area contributed by atoms with Crippen LogP contribution in [-0.4, -0.2) is 32.0 Å². The molecule has 8 nitrogen and oxygen atoms in total. The highest BCUT2D eigenvalue weighted by Gasteiger charge is 2.43. The fourth-order valence-electron chi connectivity index (χ4n) is 2.89. The second kappa shape index (κ2) is 6.04. The lowest BCUT2D eigenvalue weighted by Crippen LogP contribution is -2.40. The van der Waals surface area contributed by atoms with Crippen molar-refractivity contribution in [2.24, 2.45) is 14.1 Å². The molecule has 1 aliphatic rings. The Morgan fingerprint density at radius 1 is 0.960 bits per heavy atom. The van der Waals surface area contributed by atoms with Crippen LogP contribution in [0.1, 0.15) is 12.6 Å². The number of aromatic nitrogens is 2. The predicted octanol–water partition coefficient (Wildman–Crippen LogP) is 0.441. The molecule has 0 unspecified atom stereocenters. The second-order valence-electron chi connectivity index (χ2n) is 5.96. The highest BCUT2D eigenvalue weighted by Crippen LogP contribution is 2.26. The third kappa shape index (κ3) is 2.65. The first kappa shape index (κ1) is 16.7. The molecule has 0 aliphatic carbocycles. The van der Waals surface area contributed by atoms with Crippen LogP contribution in [0.5, 0.6) is 0 Å². The lowest BCUT2D eigenvalue weighted by atomic mass is 10.2. The quantitative estimate of drug-likeness (QED) is 0.758. The zero-order chi connectivity index (χ0) is 18.3. The molecule has 0 bridgehead atoms. The van der Waals surface area contributed by atoms with E-state index < -0.39 is 23.3 Å². The van der Waals surface area contributed by atoms with Crippen LogP contribution >= 0.6 is 0 Å². The summed E-state index contributed by atoms with van der Waals surface area (Å²) in [6.45, 7) is 1.52. The van der Waals surface area contributed by atoms with E-state index in [4.69, 9.17) is 0 Å². The van der Waals surface area contributed by atoms with Gasteiger partial charge in [0.1, 0.15) is 6.04 Å². The Balaban J connectivity index is 1.97. The van der Waals surface area contributed by atoms with Crippen LogP contribution in [-0.2, 0) is 25.4 Å². The van der Waals surface area contributed by atoms with E-state index in [-0.39, 0.29) is 12.5 Å². The maximum Gasteiger partial charge on any atom is 0.332 e. The second-order valence-corrected chi connectivity index (χ2v) is 5.96. The first-order valence-corrected chi connectivity index (χ1v) is 7.78. The summed E-state index contributed by atoms with van der Waals surface area (Å²) in [6.07, 6.45) is 0. The predicted molar refractivity (Wildman–Crippen MR) is 91.3 cm³/mol. The third-order valence-corrected chi connectivity index (χ3v) is 4.43. The summed E-state index contributed by atoms with van der Waals surface area (Å²) in [7, 11) is 2.88. The molecule has 0 spiro atoms. The number of carbonyl (C=O) groups excluding carboxylic acids is 2. The molecule has 1 aliphatic heterocycles. The molecule has 0 radical (unpaired) electrons. The number of anilines is 1. The van der Waals surface area contributed by atoms with E-state index >= 15 is 0 Å². The van der Waals surface area contributed by atoms with E-state index in [1.54, 1.807) is 31.2 Å². The highest BCUT2D eigenvalue weighted by atomic mass is 16.2. The minimum absolute atomic E-state index is 0.132. The summed E-state index contributed by atoms with van der Waals surface area (Å²) in [5, 5.41) is 0. The van der Waals surface area contributed by atoms with Crippen molar-refractivity contribution in [1.29, 1.82) is 0 Å². The van der Waals surface area contributed by atoms with Crippen molar-refractivity contribution in [1.82, 2.24) is 14.0 Å². The number of para-hydroxylation sites is 1. The van der Waals surface area contributed by atoms with Crippen molar-refractivity contribution < 1.29 is 9.59 Å². The van der Waals surface area contributed by atoms with Gasteiger partial charge in [-0.3, -0.25) is 28.5 Å². The number of benzene rings is 1. The fourth-order valence-corrected chi connectivity index (χ4v) is 2.89. The zero-order valence-electron chi connectivity index (χ0n) is 14.2. The summed E-state index contributed by atoms with van der Waals surface area (Å²) in [6, 6.07) is 9.02. The molecule has 1 fully saturated rings. The van der Waals surface area contributed by atoms with Crippen LogP contribution in [0, 0.1) is 0 Å². The molecule has 25 heavy (non-hydrogen) atoms. The summed E-state index contributed by atoms with van der Waals surface area (Å²) in [5.74, 6) is -0.373. The molecule has 130 valence electrons. The largest absolute Gasteiger partial charge is 0.332 e. The number of urea groups is 1. The van der Waals surface area contributed by atoms with Crippen molar-refractivity contribution >= 4 is 17.6 Å². The van der Waals surface area contributed by atoms with Gasteiger partial charge in [-0.1, -0.05) is 18.2 Å². The molecule has 3 amide bonds. The van der Waals surface area contributed by atoms with Gasteiger partial charge in [0.25, 0.3) is 11.5 Å². The maximum absolute atomic E-state index is 12.7. The van der Waals surface area contributed by atoms with Gasteiger partial charge in [0.15, 0.2) is 0 Å². The van der Waals surface area contributed by atoms with Crippen LogP contribution in [0.25, 0.3) is 0 Å². The van der Waals surface area contributed by atoms with Gasteiger partial charge in [-0.25, -0.2) is 9.59 Å². The minimum atomic E-state index is -0.654. The van der Waals surface area contributed by atoms with Crippen molar-refractivity contribution in [3.05, 3.63) is 62.9 Å². The molecular formula is C17H18N4O4. The number of imide groups is 1. The van der Waals surface area contributed by atoms with Gasteiger partial charge in [0, 0.05) is 31.5 Å². The van der Waals surface area contributed by atoms with Gasteiger partial charge < -0.3 is 0 Å². The van der Waals surface area contributed by atoms with Crippen molar-refractivity contribution in [3.63, 3.8) is 0 Å². The topological polar surface area (TPSA) is 84.6 Å². The van der Waals surface area contributed by atoms with E-state index in [9.17, 15) is 19.2 Å². The van der Waals surface area contributed by atoms with Gasteiger partial charge in [-0.05, 0) is 19.1 Å². The SMILES string of the molecule is C[C@@H]1C(=O)N(Cc2cc(=O)n(C)c(=O)n2C)C(=O)N1c1ccccc1. The number of amides is 3. The molecule has 1 aromatic heterocycles. The smallest absolute Gasteiger partial charge is 0.299 e. The van der Waals surface area contributed by atoms with Gasteiger partial charge in [-0.15, -0.1) is 0 Å². The molecule has 0 N–H and O–H groups in total. The Kier molecular flexibility index (Phi) is 4.03. The molecule has 1 saturated heterocycles. The first-order chi connectivity index (χ1) is 11.8. The van der Waals surface area contributed by atoms with E-state index in [0.29, 0.717) is 11.4 Å². The maximum atomic E-state index is 12.7. The van der Waals surface area contributed by atoms with Gasteiger partial charge in [0.05, 0.1) is 6.54 Å². The number of rotatable bonds is 3. The molecular weight excluding hydrogens is 324 g/mol. The van der Waals surface area contributed by atoms with E-state index in [1.807, 2.05) is 6.07 Å². The summed E-state index contributed by atoms with van der Waals surface area (Å²) >= 11 is 0. The number of carbonyl (C=O) groups is 2. The van der Waals surface area contributed by atoms with Gasteiger partial charge in [0.2, 0.25) is 0 Å². The average Bonchev–Trinajstić information content (AvgIpc) is 2.82. The lowest BCUT2D eigenvalue weighted by molar-refractivity contribution is -0.127. The highest BCUT2D eigenvalue weighted by molar-refractivity contribution is 6.13. The van der Waals surface area contributed by atoms with Gasteiger partial charge in [-0.2, -0.15) is 0 Å². The van der Waals surface area contributed by atoms with Crippen LogP contribution < -0.4 is 16.1 Å². The molecule has 2 aromatic rings. The Bertz CT molecular complexity index is 961. The van der Waals surface area contributed by atoms with E-state index in [2.05, 4.69) is 0 Å². The molecule has 2 heterocycles. The van der Waals surface area contributed by atoms with E-state index in [0.717, 1.165) is 9.47 Å². The standard InChI is InChI=1S/C17H18N4O4/c1-11-15(23)20(17(25)21(11)12-7-5-4-6-8-12)10-13-9-14(22)19(3)16(24)18(13)2/h4-9,11H,10H2,1-3H3/t11-/m1/s1. The first-order valence-electron chi connectivity index (χ1n) is 7.78. The number of hydrogen-bond acceptors (Lipinski definition) is 4. The van der Waals surface area contributed by atoms with Crippen LogP contribution in [0.4, 0.5) is 10.5 Å².